The molecule has 0 radical (unpaired) electrons. The number of alkyl carbamates (subject to hydrolysis) is 1. The van der Waals surface area contributed by atoms with E-state index in [0.717, 1.165) is 5.56 Å². The van der Waals surface area contributed by atoms with Crippen LogP contribution in [0.1, 0.15) is 112 Å². The molecular weight excluding hydrogens is 746 g/mol. The van der Waals surface area contributed by atoms with Crippen LogP contribution in [-0.4, -0.2) is 78.7 Å². The average molecular weight is 804 g/mol. The zero-order chi connectivity index (χ0) is 42.7. The van der Waals surface area contributed by atoms with Gasteiger partial charge in [-0.3, -0.25) is 14.9 Å². The van der Waals surface area contributed by atoms with Crippen molar-refractivity contribution in [2.45, 2.75) is 138 Å². The number of hydrogen-bond donors (Lipinski definition) is 2. The van der Waals surface area contributed by atoms with Gasteiger partial charge in [0.25, 0.3) is 11.8 Å². The molecule has 1 aliphatic rings. The maximum atomic E-state index is 14.0. The third kappa shape index (κ3) is 12.2. The van der Waals surface area contributed by atoms with Gasteiger partial charge in [-0.15, -0.1) is 0 Å². The Kier molecular flexibility index (Phi) is 13.5. The van der Waals surface area contributed by atoms with E-state index in [1.54, 1.807) is 68.7 Å². The van der Waals surface area contributed by atoms with Crippen LogP contribution in [0.15, 0.2) is 54.1 Å². The lowest BCUT2D eigenvalue weighted by molar-refractivity contribution is -0.127. The highest BCUT2D eigenvalue weighted by Crippen LogP contribution is 2.31. The number of hydrogen-bond acceptors (Lipinski definition) is 8. The van der Waals surface area contributed by atoms with Gasteiger partial charge in [-0.1, -0.05) is 38.4 Å². The molecule has 0 spiro atoms. The number of halogens is 1. The normalized spacial score (nSPS) is 15.8. The Morgan fingerprint density at radius 2 is 1.61 bits per heavy atom. The first-order valence-corrected chi connectivity index (χ1v) is 19.7. The molecule has 1 unspecified atom stereocenters. The summed E-state index contributed by atoms with van der Waals surface area (Å²) < 4.78 is 13.1. The molecule has 0 aliphatic carbocycles. The monoisotopic (exact) mass is 803 g/mol. The number of nitriles is 1. The van der Waals surface area contributed by atoms with E-state index in [2.05, 4.69) is 31.4 Å². The fourth-order valence-corrected chi connectivity index (χ4v) is 6.56. The largest absolute Gasteiger partial charge is 0.444 e. The number of benzene rings is 2. The van der Waals surface area contributed by atoms with Crippen molar-refractivity contribution in [3.05, 3.63) is 70.3 Å². The minimum Gasteiger partial charge on any atom is -0.444 e. The van der Waals surface area contributed by atoms with Gasteiger partial charge in [-0.05, 0) is 129 Å². The van der Waals surface area contributed by atoms with Gasteiger partial charge in [0.2, 0.25) is 5.95 Å². The molecule has 2 aromatic carbocycles. The van der Waals surface area contributed by atoms with Crippen molar-refractivity contribution in [2.24, 2.45) is 5.41 Å². The third-order valence-corrected chi connectivity index (χ3v) is 9.81. The molecule has 2 N–H and O–H groups in total. The van der Waals surface area contributed by atoms with Crippen LogP contribution in [0.2, 0.25) is 5.02 Å². The topological polar surface area (TPSA) is 159 Å². The van der Waals surface area contributed by atoms with Crippen molar-refractivity contribution in [3.8, 4) is 6.07 Å². The second-order valence-corrected chi connectivity index (χ2v) is 18.7. The van der Waals surface area contributed by atoms with Crippen molar-refractivity contribution in [3.63, 3.8) is 0 Å². The molecule has 14 heteroatoms. The summed E-state index contributed by atoms with van der Waals surface area (Å²) in [6.07, 6.45) is 1.69. The summed E-state index contributed by atoms with van der Waals surface area (Å²) in [5.41, 5.74) is -0.349. The maximum absolute atomic E-state index is 14.0. The third-order valence-electron chi connectivity index (χ3n) is 9.56. The molecule has 4 amide bonds. The Hall–Kier alpha value is -5.09. The van der Waals surface area contributed by atoms with Crippen LogP contribution in [0.25, 0.3) is 11.0 Å². The summed E-state index contributed by atoms with van der Waals surface area (Å²) in [5, 5.41) is 16.3. The molecule has 1 aliphatic heterocycles. The molecule has 57 heavy (non-hydrogen) atoms. The minimum absolute atomic E-state index is 0.113. The van der Waals surface area contributed by atoms with E-state index in [1.165, 1.54) is 6.08 Å². The number of amides is 4. The first-order chi connectivity index (χ1) is 26.3. The number of aromatic nitrogens is 2. The van der Waals surface area contributed by atoms with Crippen molar-refractivity contribution < 1.29 is 28.7 Å². The van der Waals surface area contributed by atoms with E-state index in [1.807, 2.05) is 56.5 Å². The summed E-state index contributed by atoms with van der Waals surface area (Å²) in [5.74, 6) is -0.591. The average Bonchev–Trinajstić information content (AvgIpc) is 3.67. The molecule has 13 nitrogen and oxygen atoms in total. The zero-order valence-corrected chi connectivity index (χ0v) is 36.1. The predicted molar refractivity (Wildman–Crippen MR) is 222 cm³/mol. The second-order valence-electron chi connectivity index (χ2n) is 18.3. The number of likely N-dealkylation sites (tertiary alicyclic amines) is 1. The number of carbonyl (C=O) groups excluding carboxylic acids is 4. The van der Waals surface area contributed by atoms with Gasteiger partial charge < -0.3 is 29.2 Å². The van der Waals surface area contributed by atoms with E-state index in [4.69, 9.17) is 26.1 Å². The Balaban J connectivity index is 1.71. The van der Waals surface area contributed by atoms with Crippen molar-refractivity contribution in [1.82, 2.24) is 24.7 Å². The van der Waals surface area contributed by atoms with Gasteiger partial charge in [0.15, 0.2) is 0 Å². The van der Waals surface area contributed by atoms with Gasteiger partial charge in [0, 0.05) is 36.3 Å². The van der Waals surface area contributed by atoms with E-state index >= 15 is 0 Å². The lowest BCUT2D eigenvalue weighted by Crippen LogP contribution is -2.47. The van der Waals surface area contributed by atoms with Crippen LogP contribution in [-0.2, 0) is 27.4 Å². The van der Waals surface area contributed by atoms with E-state index in [0.29, 0.717) is 41.0 Å². The van der Waals surface area contributed by atoms with Gasteiger partial charge in [-0.2, -0.15) is 5.26 Å². The van der Waals surface area contributed by atoms with Crippen molar-refractivity contribution in [2.75, 3.05) is 11.9 Å². The zero-order valence-electron chi connectivity index (χ0n) is 35.4. The number of nitrogens with one attached hydrogen (secondary N) is 2. The first-order valence-electron chi connectivity index (χ1n) is 19.3. The standard InChI is InChI=1S/C43H58ClN7O6/c1-27(40(2,3)4)50(39(55)57-42(8,9)10)25-28-15-20-34-33(22-28)46-37(47-35(52)29-16-18-31(44)19-17-29)51(34)26-32-14-13-21-49(32)36(53)30(24-45)23-43(11,12)48-38(54)56-41(5,6)7/h15-20,22-23,27,32H,13-14,21,25-26H2,1-12H3,(H,48,54)(H,46,47,52)/t27-,32?/m0/s1. The molecule has 0 saturated carbocycles. The van der Waals surface area contributed by atoms with Crippen LogP contribution in [0.4, 0.5) is 15.5 Å². The molecule has 2 atom stereocenters. The van der Waals surface area contributed by atoms with E-state index in [9.17, 15) is 24.4 Å². The highest BCUT2D eigenvalue weighted by atomic mass is 35.5. The van der Waals surface area contributed by atoms with Crippen LogP contribution >= 0.6 is 11.6 Å². The Labute approximate surface area is 341 Å². The summed E-state index contributed by atoms with van der Waals surface area (Å²) in [7, 11) is 0. The fraction of sp³-hybridized carbons (Fsp3) is 0.535. The van der Waals surface area contributed by atoms with E-state index < -0.39 is 40.7 Å². The van der Waals surface area contributed by atoms with Crippen LogP contribution in [0, 0.1) is 16.7 Å². The Bertz CT molecular complexity index is 2040. The molecule has 3 aromatic rings. The summed E-state index contributed by atoms with van der Waals surface area (Å²) in [4.78, 5) is 61.9. The Morgan fingerprint density at radius 3 is 2.19 bits per heavy atom. The molecule has 1 fully saturated rings. The highest BCUT2D eigenvalue weighted by Gasteiger charge is 2.35. The van der Waals surface area contributed by atoms with E-state index in [-0.39, 0.29) is 42.1 Å². The van der Waals surface area contributed by atoms with Gasteiger partial charge >= 0.3 is 12.2 Å². The quantitative estimate of drug-likeness (QED) is 0.152. The number of carbonyl (C=O) groups is 4. The van der Waals surface area contributed by atoms with Crippen LogP contribution in [0.3, 0.4) is 0 Å². The Morgan fingerprint density at radius 1 is 0.982 bits per heavy atom. The predicted octanol–water partition coefficient (Wildman–Crippen LogP) is 8.86. The lowest BCUT2D eigenvalue weighted by atomic mass is 9.87. The van der Waals surface area contributed by atoms with Gasteiger partial charge in [0.05, 0.1) is 22.6 Å². The fourth-order valence-electron chi connectivity index (χ4n) is 6.44. The maximum Gasteiger partial charge on any atom is 0.410 e. The number of imidazole rings is 1. The molecule has 1 aromatic heterocycles. The summed E-state index contributed by atoms with van der Waals surface area (Å²) in [6.45, 7) is 23.3. The number of rotatable bonds is 10. The summed E-state index contributed by atoms with van der Waals surface area (Å²) >= 11 is 6.09. The smallest absolute Gasteiger partial charge is 0.410 e. The summed E-state index contributed by atoms with van der Waals surface area (Å²) in [6, 6.07) is 13.7. The van der Waals surface area contributed by atoms with Crippen molar-refractivity contribution in [1.29, 1.82) is 5.26 Å². The van der Waals surface area contributed by atoms with Crippen LogP contribution in [0.5, 0.6) is 0 Å². The van der Waals surface area contributed by atoms with Gasteiger partial charge in [-0.25, -0.2) is 14.6 Å². The SMILES string of the molecule is C[C@H](N(Cc1ccc2c(c1)nc(NC(=O)c1ccc(Cl)cc1)n2CC1CCCN1C(=O)C(C#N)=CC(C)(C)NC(=O)OC(C)(C)C)C(=O)OC(C)(C)C)C(C)(C)C. The number of ether oxygens (including phenoxy) is 2. The molecule has 4 rings (SSSR count). The first kappa shape index (κ1) is 44.6. The number of nitrogens with zero attached hydrogens (tertiary/aromatic N) is 5. The second kappa shape index (κ2) is 17.2. The molecule has 0 bridgehead atoms. The van der Waals surface area contributed by atoms with Crippen LogP contribution < -0.4 is 10.6 Å². The van der Waals surface area contributed by atoms with Crippen molar-refractivity contribution >= 4 is 52.6 Å². The highest BCUT2D eigenvalue weighted by molar-refractivity contribution is 6.30. The molecule has 1 saturated heterocycles. The lowest BCUT2D eigenvalue weighted by Gasteiger charge is -2.38. The molecule has 2 heterocycles. The molecular formula is C43H58ClN7O6. The molecule has 308 valence electrons. The minimum atomic E-state index is -1.07. The van der Waals surface area contributed by atoms with Gasteiger partial charge in [0.1, 0.15) is 22.8 Å². The number of fused-ring (bicyclic) bond motifs is 1. The number of anilines is 1.